The number of carbonyl (C=O) groups is 2. The van der Waals surface area contributed by atoms with Crippen LogP contribution in [-0.2, 0) is 14.4 Å². The maximum absolute atomic E-state index is 12.2. The molecule has 2 bridgehead atoms. The van der Waals surface area contributed by atoms with Crippen LogP contribution in [0.4, 0.5) is 10.5 Å². The number of nitrogens with zero attached hydrogens (tertiary/aromatic N) is 3. The molecule has 3 heterocycles. The van der Waals surface area contributed by atoms with Crippen molar-refractivity contribution in [3.63, 3.8) is 0 Å². The summed E-state index contributed by atoms with van der Waals surface area (Å²) in [5, 5.41) is 5.22. The SMILES string of the molecule is CC(C)(C)OC(=O)ON1CCCC(c2nc3ncc(Br)c(N[C@H]4[C@@H](C(N)=O)[C@@H]5C=C[C@H]4C5)c3[nH]2)C1. The van der Waals surface area contributed by atoms with Crippen LogP contribution in [0.15, 0.2) is 22.8 Å². The standard InChI is InChI=1S/C24H31BrN6O4/c1-24(2,3)34-23(33)35-31-8-4-5-14(11-31)21-29-19-18(15(25)10-27-22(19)30-21)28-17-13-7-6-12(9-13)16(17)20(26)32/h6-7,10,12-14,16-17H,4-5,8-9,11H2,1-3H3,(H2,26,32)(H2,27,28,29,30)/t12-,13+,14?,16+,17-/m1/s1. The van der Waals surface area contributed by atoms with E-state index in [2.05, 4.69) is 43.4 Å². The van der Waals surface area contributed by atoms with Crippen molar-refractivity contribution in [2.45, 2.75) is 57.6 Å². The van der Waals surface area contributed by atoms with Crippen molar-refractivity contribution < 1.29 is 19.2 Å². The van der Waals surface area contributed by atoms with Gasteiger partial charge in [0.25, 0.3) is 0 Å². The zero-order chi connectivity index (χ0) is 24.9. The summed E-state index contributed by atoms with van der Waals surface area (Å²) >= 11 is 3.61. The molecule has 0 radical (unpaired) electrons. The lowest BCUT2D eigenvalue weighted by atomic mass is 9.88. The normalized spacial score (nSPS) is 28.4. The molecule has 2 aromatic heterocycles. The molecule has 10 nitrogen and oxygen atoms in total. The van der Waals surface area contributed by atoms with Crippen LogP contribution in [0.2, 0.25) is 0 Å². The summed E-state index contributed by atoms with van der Waals surface area (Å²) in [6, 6.07) is -0.0800. The molecule has 35 heavy (non-hydrogen) atoms. The molecule has 5 atom stereocenters. The summed E-state index contributed by atoms with van der Waals surface area (Å²) < 4.78 is 6.07. The van der Waals surface area contributed by atoms with E-state index in [4.69, 9.17) is 20.3 Å². The van der Waals surface area contributed by atoms with Crippen molar-refractivity contribution in [2.24, 2.45) is 23.5 Å². The van der Waals surface area contributed by atoms with Gasteiger partial charge in [0.15, 0.2) is 5.65 Å². The first-order chi connectivity index (χ1) is 16.6. The zero-order valence-electron chi connectivity index (χ0n) is 20.1. The summed E-state index contributed by atoms with van der Waals surface area (Å²) in [4.78, 5) is 42.4. The molecule has 3 aliphatic rings. The number of aromatic nitrogens is 3. The minimum absolute atomic E-state index is 0.0378. The van der Waals surface area contributed by atoms with Crippen LogP contribution in [0.3, 0.4) is 0 Å². The third kappa shape index (κ3) is 4.88. The number of halogens is 1. The van der Waals surface area contributed by atoms with Gasteiger partial charge >= 0.3 is 6.16 Å². The van der Waals surface area contributed by atoms with Gasteiger partial charge in [0.05, 0.1) is 16.1 Å². The highest BCUT2D eigenvalue weighted by molar-refractivity contribution is 9.10. The molecule has 1 aliphatic heterocycles. The van der Waals surface area contributed by atoms with Gasteiger partial charge in [-0.2, -0.15) is 0 Å². The summed E-state index contributed by atoms with van der Waals surface area (Å²) in [7, 11) is 0. The van der Waals surface area contributed by atoms with Gasteiger partial charge in [-0.15, -0.1) is 5.06 Å². The molecule has 4 N–H and O–H groups in total. The smallest absolute Gasteiger partial charge is 0.427 e. The lowest BCUT2D eigenvalue weighted by Gasteiger charge is -2.30. The zero-order valence-corrected chi connectivity index (χ0v) is 21.7. The van der Waals surface area contributed by atoms with E-state index < -0.39 is 11.8 Å². The molecule has 5 rings (SSSR count). The van der Waals surface area contributed by atoms with Crippen molar-refractivity contribution >= 4 is 44.8 Å². The minimum atomic E-state index is -0.705. The predicted octanol–water partition coefficient (Wildman–Crippen LogP) is 3.85. The second-order valence-electron chi connectivity index (χ2n) is 10.6. The quantitative estimate of drug-likeness (QED) is 0.380. The fraction of sp³-hybridized carbons (Fsp3) is 0.583. The number of pyridine rings is 1. The number of hydrogen-bond donors (Lipinski definition) is 3. The van der Waals surface area contributed by atoms with Gasteiger partial charge in [-0.05, 0) is 67.8 Å². The first-order valence-electron chi connectivity index (χ1n) is 12.0. The van der Waals surface area contributed by atoms with E-state index in [1.54, 1.807) is 32.0 Å². The number of nitrogens with one attached hydrogen (secondary N) is 2. The van der Waals surface area contributed by atoms with E-state index in [-0.39, 0.29) is 35.6 Å². The number of H-pyrrole nitrogens is 1. The Balaban J connectivity index is 1.36. The van der Waals surface area contributed by atoms with E-state index in [9.17, 15) is 9.59 Å². The topological polar surface area (TPSA) is 135 Å². The Labute approximate surface area is 212 Å². The molecule has 2 aliphatic carbocycles. The number of anilines is 1. The summed E-state index contributed by atoms with van der Waals surface area (Å²) in [5.74, 6) is 0.729. The van der Waals surface area contributed by atoms with Crippen molar-refractivity contribution in [1.29, 1.82) is 0 Å². The number of hydrogen-bond acceptors (Lipinski definition) is 8. The van der Waals surface area contributed by atoms with Crippen LogP contribution in [0.5, 0.6) is 0 Å². The van der Waals surface area contributed by atoms with E-state index in [0.29, 0.717) is 18.7 Å². The number of imidazole rings is 1. The van der Waals surface area contributed by atoms with Gasteiger partial charge in [-0.1, -0.05) is 12.2 Å². The van der Waals surface area contributed by atoms with Gasteiger partial charge < -0.3 is 25.6 Å². The van der Waals surface area contributed by atoms with E-state index in [1.807, 2.05) is 0 Å². The van der Waals surface area contributed by atoms with E-state index in [0.717, 1.165) is 40.8 Å². The van der Waals surface area contributed by atoms with Crippen LogP contribution in [0.1, 0.15) is 51.8 Å². The molecule has 1 unspecified atom stereocenters. The lowest BCUT2D eigenvalue weighted by Crippen LogP contribution is -2.41. The molecule has 2 fully saturated rings. The van der Waals surface area contributed by atoms with Crippen molar-refractivity contribution in [3.05, 3.63) is 28.6 Å². The Morgan fingerprint density at radius 3 is 2.80 bits per heavy atom. The Bertz CT molecular complexity index is 1170. The first-order valence-corrected chi connectivity index (χ1v) is 12.8. The Morgan fingerprint density at radius 1 is 1.29 bits per heavy atom. The number of piperidine rings is 1. The minimum Gasteiger partial charge on any atom is -0.427 e. The molecule has 188 valence electrons. The number of allylic oxidation sites excluding steroid dienone is 1. The maximum Gasteiger partial charge on any atom is 0.528 e. The van der Waals surface area contributed by atoms with Crippen molar-refractivity contribution in [2.75, 3.05) is 18.4 Å². The van der Waals surface area contributed by atoms with Gasteiger partial charge in [0.1, 0.15) is 16.9 Å². The molecular formula is C24H31BrN6O4. The second-order valence-corrected chi connectivity index (χ2v) is 11.5. The third-order valence-electron chi connectivity index (χ3n) is 6.95. The maximum atomic E-state index is 12.2. The number of amides is 1. The summed E-state index contributed by atoms with van der Waals surface area (Å²) in [6.45, 7) is 6.55. The van der Waals surface area contributed by atoms with Crippen molar-refractivity contribution in [1.82, 2.24) is 20.0 Å². The van der Waals surface area contributed by atoms with Gasteiger partial charge in [-0.25, -0.2) is 14.8 Å². The Morgan fingerprint density at radius 2 is 2.06 bits per heavy atom. The first kappa shape index (κ1) is 24.1. The fourth-order valence-corrected chi connectivity index (χ4v) is 5.90. The van der Waals surface area contributed by atoms with Crippen molar-refractivity contribution in [3.8, 4) is 0 Å². The number of primary amides is 1. The van der Waals surface area contributed by atoms with Gasteiger partial charge in [0.2, 0.25) is 5.91 Å². The number of aromatic amines is 1. The third-order valence-corrected chi connectivity index (χ3v) is 7.56. The Hall–Kier alpha value is -2.66. The lowest BCUT2D eigenvalue weighted by molar-refractivity contribution is -0.153. The van der Waals surface area contributed by atoms with Crippen LogP contribution >= 0.6 is 15.9 Å². The van der Waals surface area contributed by atoms with E-state index >= 15 is 0 Å². The van der Waals surface area contributed by atoms with Crippen LogP contribution in [-0.4, -0.2) is 56.8 Å². The molecule has 2 aromatic rings. The van der Waals surface area contributed by atoms with Gasteiger partial charge in [0, 0.05) is 31.2 Å². The molecule has 0 spiro atoms. The number of nitrogens with two attached hydrogens (primary N) is 1. The molecule has 1 saturated carbocycles. The number of carbonyl (C=O) groups excluding carboxylic acids is 2. The average Bonchev–Trinajstić information content (AvgIpc) is 3.49. The Kier molecular flexibility index (Phi) is 6.25. The molecule has 1 amide bonds. The molecule has 11 heteroatoms. The highest BCUT2D eigenvalue weighted by Gasteiger charge is 2.47. The highest BCUT2D eigenvalue weighted by Crippen LogP contribution is 2.46. The summed E-state index contributed by atoms with van der Waals surface area (Å²) in [6.07, 6.45) is 7.98. The fourth-order valence-electron chi connectivity index (χ4n) is 5.48. The van der Waals surface area contributed by atoms with E-state index in [1.165, 1.54) is 0 Å². The molecule has 1 saturated heterocycles. The average molecular weight is 547 g/mol. The largest absolute Gasteiger partial charge is 0.528 e. The monoisotopic (exact) mass is 546 g/mol. The number of ether oxygens (including phenoxy) is 1. The van der Waals surface area contributed by atoms with Crippen LogP contribution in [0, 0.1) is 17.8 Å². The summed E-state index contributed by atoms with van der Waals surface area (Å²) in [5.41, 5.74) is 7.32. The number of hydroxylamine groups is 2. The predicted molar refractivity (Wildman–Crippen MR) is 133 cm³/mol. The number of fused-ring (bicyclic) bond motifs is 3. The van der Waals surface area contributed by atoms with Gasteiger partial charge in [-0.3, -0.25) is 4.79 Å². The number of rotatable bonds is 5. The molecule has 0 aromatic carbocycles. The van der Waals surface area contributed by atoms with Crippen LogP contribution in [0.25, 0.3) is 11.2 Å². The second kappa shape index (κ2) is 9.09. The van der Waals surface area contributed by atoms with Crippen LogP contribution < -0.4 is 11.1 Å². The highest BCUT2D eigenvalue weighted by atomic mass is 79.9. The molecular weight excluding hydrogens is 516 g/mol.